The first-order valence-electron chi connectivity index (χ1n) is 6.25. The van der Waals surface area contributed by atoms with E-state index >= 15 is 0 Å². The van der Waals surface area contributed by atoms with E-state index in [0.717, 1.165) is 37.9 Å². The Morgan fingerprint density at radius 1 is 1.26 bits per heavy atom. The number of aromatic nitrogens is 1. The van der Waals surface area contributed by atoms with Crippen molar-refractivity contribution in [2.75, 3.05) is 6.54 Å². The summed E-state index contributed by atoms with van der Waals surface area (Å²) in [7, 11) is 0. The molecule has 1 aromatic heterocycles. The summed E-state index contributed by atoms with van der Waals surface area (Å²) in [6.45, 7) is 0.886. The monoisotopic (exact) mass is 270 g/mol. The van der Waals surface area contributed by atoms with Gasteiger partial charge < -0.3 is 9.73 Å². The highest BCUT2D eigenvalue weighted by atomic mass is 19.4. The molecule has 1 atom stereocenters. The molecule has 3 nitrogen and oxygen atoms in total. The van der Waals surface area contributed by atoms with E-state index in [0.29, 0.717) is 11.5 Å². The van der Waals surface area contributed by atoms with Crippen LogP contribution in [0.1, 0.15) is 36.8 Å². The summed E-state index contributed by atoms with van der Waals surface area (Å²) in [6.07, 6.45) is -1.27. The third kappa shape index (κ3) is 2.45. The van der Waals surface area contributed by atoms with Crippen LogP contribution in [0.2, 0.25) is 0 Å². The maximum absolute atomic E-state index is 12.6. The molecule has 6 heteroatoms. The summed E-state index contributed by atoms with van der Waals surface area (Å²) < 4.78 is 43.4. The predicted octanol–water partition coefficient (Wildman–Crippen LogP) is 3.66. The van der Waals surface area contributed by atoms with Crippen LogP contribution in [0.5, 0.6) is 0 Å². The first kappa shape index (κ1) is 12.5. The van der Waals surface area contributed by atoms with Crippen LogP contribution in [0.15, 0.2) is 22.6 Å². The molecule has 0 saturated carbocycles. The number of halogens is 3. The average Bonchev–Trinajstić information content (AvgIpc) is 2.81. The maximum Gasteiger partial charge on any atom is 0.416 e. The van der Waals surface area contributed by atoms with Gasteiger partial charge in [0.15, 0.2) is 5.58 Å². The molecule has 1 aromatic carbocycles. The van der Waals surface area contributed by atoms with Gasteiger partial charge in [-0.25, -0.2) is 4.98 Å². The van der Waals surface area contributed by atoms with Gasteiger partial charge in [-0.2, -0.15) is 13.2 Å². The number of hydrogen-bond acceptors (Lipinski definition) is 3. The molecule has 1 fully saturated rings. The van der Waals surface area contributed by atoms with Gasteiger partial charge in [0.25, 0.3) is 0 Å². The van der Waals surface area contributed by atoms with Crippen LogP contribution in [0.4, 0.5) is 13.2 Å². The van der Waals surface area contributed by atoms with Gasteiger partial charge in [0.2, 0.25) is 5.89 Å². The lowest BCUT2D eigenvalue weighted by molar-refractivity contribution is -0.137. The summed E-state index contributed by atoms with van der Waals surface area (Å²) >= 11 is 0. The van der Waals surface area contributed by atoms with Gasteiger partial charge >= 0.3 is 6.18 Å². The molecular formula is C13H13F3N2O. The minimum atomic E-state index is -4.35. The number of nitrogens with zero attached hydrogens (tertiary/aromatic N) is 1. The lowest BCUT2D eigenvalue weighted by atomic mass is 10.1. The fourth-order valence-corrected chi connectivity index (χ4v) is 2.33. The first-order chi connectivity index (χ1) is 9.04. The van der Waals surface area contributed by atoms with Crippen molar-refractivity contribution in [3.63, 3.8) is 0 Å². The van der Waals surface area contributed by atoms with Crippen molar-refractivity contribution in [2.45, 2.75) is 31.5 Å². The molecule has 1 saturated heterocycles. The Morgan fingerprint density at radius 3 is 2.79 bits per heavy atom. The molecule has 0 bridgehead atoms. The van der Waals surface area contributed by atoms with Crippen molar-refractivity contribution in [3.05, 3.63) is 29.7 Å². The summed E-state index contributed by atoms with van der Waals surface area (Å²) in [5.41, 5.74) is -0.0379. The van der Waals surface area contributed by atoms with Gasteiger partial charge in [-0.05, 0) is 37.6 Å². The summed E-state index contributed by atoms with van der Waals surface area (Å²) in [4.78, 5) is 4.18. The number of benzene rings is 1. The molecule has 1 aliphatic rings. The zero-order valence-electron chi connectivity index (χ0n) is 10.1. The third-order valence-corrected chi connectivity index (χ3v) is 3.34. The highest BCUT2D eigenvalue weighted by Crippen LogP contribution is 2.32. The Labute approximate surface area is 107 Å². The number of nitrogens with one attached hydrogen (secondary N) is 1. The lowest BCUT2D eigenvalue weighted by Crippen LogP contribution is -2.26. The second kappa shape index (κ2) is 4.52. The molecule has 2 heterocycles. The number of fused-ring (bicyclic) bond motifs is 1. The van der Waals surface area contributed by atoms with Crippen molar-refractivity contribution in [1.29, 1.82) is 0 Å². The molecule has 1 N–H and O–H groups in total. The fraction of sp³-hybridized carbons (Fsp3) is 0.462. The molecule has 2 aromatic rings. The van der Waals surface area contributed by atoms with Gasteiger partial charge in [-0.3, -0.25) is 0 Å². The third-order valence-electron chi connectivity index (χ3n) is 3.34. The number of oxazole rings is 1. The second-order valence-corrected chi connectivity index (χ2v) is 4.73. The van der Waals surface area contributed by atoms with E-state index in [1.165, 1.54) is 6.07 Å². The number of hydrogen-bond donors (Lipinski definition) is 1. The normalized spacial score (nSPS) is 20.9. The standard InChI is InChI=1S/C13H13F3N2O/c14-13(15,16)8-4-5-11-10(7-8)18-12(19-11)9-3-1-2-6-17-9/h4-5,7,9,17H,1-3,6H2. The van der Waals surface area contributed by atoms with Gasteiger partial charge in [0, 0.05) is 0 Å². The quantitative estimate of drug-likeness (QED) is 0.859. The van der Waals surface area contributed by atoms with Gasteiger partial charge in [-0.1, -0.05) is 6.42 Å². The van der Waals surface area contributed by atoms with Crippen molar-refractivity contribution in [1.82, 2.24) is 10.3 Å². The van der Waals surface area contributed by atoms with Crippen LogP contribution in [-0.2, 0) is 6.18 Å². The molecule has 19 heavy (non-hydrogen) atoms. The highest BCUT2D eigenvalue weighted by molar-refractivity contribution is 5.73. The number of piperidine rings is 1. The summed E-state index contributed by atoms with van der Waals surface area (Å²) in [6, 6.07) is 3.39. The van der Waals surface area contributed by atoms with E-state index < -0.39 is 11.7 Å². The van der Waals surface area contributed by atoms with Crippen molar-refractivity contribution in [3.8, 4) is 0 Å². The predicted molar refractivity (Wildman–Crippen MR) is 63.6 cm³/mol. The molecule has 102 valence electrons. The molecule has 1 unspecified atom stereocenters. The van der Waals surface area contributed by atoms with E-state index in [2.05, 4.69) is 10.3 Å². The first-order valence-corrected chi connectivity index (χ1v) is 6.25. The molecule has 1 aliphatic heterocycles. The minimum Gasteiger partial charge on any atom is -0.439 e. The van der Waals surface area contributed by atoms with Crippen LogP contribution < -0.4 is 5.32 Å². The zero-order valence-corrected chi connectivity index (χ0v) is 10.1. The van der Waals surface area contributed by atoms with Crippen molar-refractivity contribution >= 4 is 11.1 Å². The van der Waals surface area contributed by atoms with E-state index in [9.17, 15) is 13.2 Å². The van der Waals surface area contributed by atoms with Crippen LogP contribution in [0.3, 0.4) is 0 Å². The molecular weight excluding hydrogens is 257 g/mol. The molecule has 0 radical (unpaired) electrons. The van der Waals surface area contributed by atoms with E-state index in [1.807, 2.05) is 0 Å². The van der Waals surface area contributed by atoms with Gasteiger partial charge in [-0.15, -0.1) is 0 Å². The second-order valence-electron chi connectivity index (χ2n) is 4.73. The summed E-state index contributed by atoms with van der Waals surface area (Å²) in [5.74, 6) is 0.481. The molecule has 3 rings (SSSR count). The van der Waals surface area contributed by atoms with Crippen LogP contribution in [0.25, 0.3) is 11.1 Å². The van der Waals surface area contributed by atoms with Gasteiger partial charge in [0.1, 0.15) is 5.52 Å². The van der Waals surface area contributed by atoms with Crippen LogP contribution >= 0.6 is 0 Å². The smallest absolute Gasteiger partial charge is 0.416 e. The largest absolute Gasteiger partial charge is 0.439 e. The lowest BCUT2D eigenvalue weighted by Gasteiger charge is -2.19. The average molecular weight is 270 g/mol. The van der Waals surface area contributed by atoms with E-state index in [-0.39, 0.29) is 11.6 Å². The maximum atomic E-state index is 12.6. The molecule has 0 aliphatic carbocycles. The number of alkyl halides is 3. The van der Waals surface area contributed by atoms with Crippen molar-refractivity contribution in [2.24, 2.45) is 0 Å². The van der Waals surface area contributed by atoms with E-state index in [1.54, 1.807) is 0 Å². The molecule has 0 amide bonds. The van der Waals surface area contributed by atoms with Crippen LogP contribution in [-0.4, -0.2) is 11.5 Å². The Bertz CT molecular complexity index is 585. The Balaban J connectivity index is 1.96. The highest BCUT2D eigenvalue weighted by Gasteiger charge is 2.31. The molecule has 0 spiro atoms. The topological polar surface area (TPSA) is 38.1 Å². The fourth-order valence-electron chi connectivity index (χ4n) is 2.33. The summed E-state index contributed by atoms with van der Waals surface area (Å²) in [5, 5.41) is 3.26. The van der Waals surface area contributed by atoms with Crippen LogP contribution in [0, 0.1) is 0 Å². The number of rotatable bonds is 1. The van der Waals surface area contributed by atoms with Crippen molar-refractivity contribution < 1.29 is 17.6 Å². The van der Waals surface area contributed by atoms with Gasteiger partial charge in [0.05, 0.1) is 11.6 Å². The van der Waals surface area contributed by atoms with E-state index in [4.69, 9.17) is 4.42 Å². The Morgan fingerprint density at radius 2 is 2.11 bits per heavy atom. The minimum absolute atomic E-state index is 0.00971. The SMILES string of the molecule is FC(F)(F)c1ccc2oc(C3CCCCN3)nc2c1. The zero-order chi connectivity index (χ0) is 13.5. The Hall–Kier alpha value is -1.56. The Kier molecular flexibility index (Phi) is 2.97.